The van der Waals surface area contributed by atoms with Gasteiger partial charge in [-0.05, 0) is 6.07 Å². The van der Waals surface area contributed by atoms with Gasteiger partial charge in [-0.25, -0.2) is 0 Å². The monoisotopic (exact) mass is 288 g/mol. The number of hydrogen-bond donors (Lipinski definition) is 1. The van der Waals surface area contributed by atoms with Crippen LogP contribution in [-0.4, -0.2) is 60.0 Å². The number of fused-ring (bicyclic) bond motifs is 1. The molecule has 1 amide bonds. The number of morpholine rings is 1. The second-order valence-electron chi connectivity index (χ2n) is 5.20. The number of para-hydroxylation sites is 1. The normalized spacial score (nSPS) is 16.2. The van der Waals surface area contributed by atoms with Crippen molar-refractivity contribution in [3.05, 3.63) is 30.0 Å². The molecule has 1 N–H and O–H groups in total. The number of amides is 1. The average Bonchev–Trinajstić information content (AvgIpc) is 2.86. The number of carbonyl (C=O) groups is 1. The van der Waals surface area contributed by atoms with Crippen molar-refractivity contribution >= 4 is 16.8 Å². The summed E-state index contributed by atoms with van der Waals surface area (Å²) < 4.78 is 7.05. The predicted octanol–water partition coefficient (Wildman–Crippen LogP) is 0.635. The van der Waals surface area contributed by atoms with Crippen molar-refractivity contribution in [1.82, 2.24) is 20.0 Å². The summed E-state index contributed by atoms with van der Waals surface area (Å²) in [5.74, 6) is -0.111. The highest BCUT2D eigenvalue weighted by Crippen LogP contribution is 2.17. The molecular weight excluding hydrogens is 268 g/mol. The van der Waals surface area contributed by atoms with Gasteiger partial charge in [0, 0.05) is 38.6 Å². The van der Waals surface area contributed by atoms with Gasteiger partial charge < -0.3 is 10.1 Å². The third-order valence-corrected chi connectivity index (χ3v) is 3.79. The molecule has 0 saturated carbocycles. The zero-order chi connectivity index (χ0) is 14.7. The third kappa shape index (κ3) is 3.06. The van der Waals surface area contributed by atoms with Crippen molar-refractivity contribution in [2.24, 2.45) is 7.05 Å². The van der Waals surface area contributed by atoms with Crippen LogP contribution in [0.4, 0.5) is 0 Å². The molecule has 1 fully saturated rings. The summed E-state index contributed by atoms with van der Waals surface area (Å²) in [6.45, 7) is 4.89. The highest BCUT2D eigenvalue weighted by atomic mass is 16.5. The van der Waals surface area contributed by atoms with Gasteiger partial charge >= 0.3 is 0 Å². The predicted molar refractivity (Wildman–Crippen MR) is 80.3 cm³/mol. The molecule has 1 saturated heterocycles. The molecule has 1 aliphatic heterocycles. The molecule has 6 nitrogen and oxygen atoms in total. The van der Waals surface area contributed by atoms with Crippen LogP contribution in [0.5, 0.6) is 0 Å². The first-order valence-corrected chi connectivity index (χ1v) is 7.26. The summed E-state index contributed by atoms with van der Waals surface area (Å²) in [7, 11) is 1.85. The van der Waals surface area contributed by atoms with Gasteiger partial charge in [0.2, 0.25) is 0 Å². The lowest BCUT2D eigenvalue weighted by Gasteiger charge is -2.26. The van der Waals surface area contributed by atoms with E-state index in [1.54, 1.807) is 4.68 Å². The summed E-state index contributed by atoms with van der Waals surface area (Å²) >= 11 is 0. The Morgan fingerprint density at radius 2 is 2.10 bits per heavy atom. The van der Waals surface area contributed by atoms with Crippen LogP contribution in [0.15, 0.2) is 24.3 Å². The Bertz CT molecular complexity index is 632. The van der Waals surface area contributed by atoms with E-state index >= 15 is 0 Å². The fourth-order valence-electron chi connectivity index (χ4n) is 2.62. The first-order chi connectivity index (χ1) is 10.3. The van der Waals surface area contributed by atoms with E-state index in [0.717, 1.165) is 43.8 Å². The van der Waals surface area contributed by atoms with E-state index in [9.17, 15) is 4.79 Å². The largest absolute Gasteiger partial charge is 0.379 e. The number of rotatable bonds is 4. The van der Waals surface area contributed by atoms with Crippen LogP contribution in [0, 0.1) is 0 Å². The van der Waals surface area contributed by atoms with Gasteiger partial charge in [-0.1, -0.05) is 18.2 Å². The van der Waals surface area contributed by atoms with Crippen LogP contribution in [0.2, 0.25) is 0 Å². The first kappa shape index (κ1) is 14.0. The van der Waals surface area contributed by atoms with E-state index in [0.29, 0.717) is 12.2 Å². The van der Waals surface area contributed by atoms with Crippen LogP contribution in [0.25, 0.3) is 10.9 Å². The number of nitrogens with one attached hydrogen (secondary N) is 1. The summed E-state index contributed by atoms with van der Waals surface area (Å²) in [6, 6.07) is 7.77. The summed E-state index contributed by atoms with van der Waals surface area (Å²) in [5, 5.41) is 8.17. The highest BCUT2D eigenvalue weighted by Gasteiger charge is 2.16. The zero-order valence-electron chi connectivity index (χ0n) is 12.2. The van der Waals surface area contributed by atoms with Crippen molar-refractivity contribution in [2.75, 3.05) is 39.4 Å². The number of nitrogens with zero attached hydrogens (tertiary/aromatic N) is 3. The molecule has 6 heteroatoms. The van der Waals surface area contributed by atoms with E-state index in [4.69, 9.17) is 4.74 Å². The first-order valence-electron chi connectivity index (χ1n) is 7.26. The van der Waals surface area contributed by atoms with Crippen LogP contribution in [0.1, 0.15) is 10.5 Å². The quantitative estimate of drug-likeness (QED) is 0.897. The van der Waals surface area contributed by atoms with Gasteiger partial charge in [-0.3, -0.25) is 14.4 Å². The fourth-order valence-corrected chi connectivity index (χ4v) is 2.62. The van der Waals surface area contributed by atoms with Crippen molar-refractivity contribution in [1.29, 1.82) is 0 Å². The molecule has 0 radical (unpaired) electrons. The molecule has 0 atom stereocenters. The van der Waals surface area contributed by atoms with Crippen molar-refractivity contribution < 1.29 is 9.53 Å². The molecule has 3 rings (SSSR count). The second-order valence-corrected chi connectivity index (χ2v) is 5.20. The molecule has 1 aromatic heterocycles. The standard InChI is InChI=1S/C15H20N4O2/c1-18-13-5-3-2-4-12(13)14(17-18)15(20)16-6-7-19-8-10-21-11-9-19/h2-5H,6-11H2,1H3,(H,16,20). The zero-order valence-corrected chi connectivity index (χ0v) is 12.2. The molecule has 1 aromatic carbocycles. The Hall–Kier alpha value is -1.92. The molecular formula is C15H20N4O2. The molecule has 112 valence electrons. The highest BCUT2D eigenvalue weighted by molar-refractivity contribution is 6.04. The summed E-state index contributed by atoms with van der Waals surface area (Å²) in [6.07, 6.45) is 0. The summed E-state index contributed by atoms with van der Waals surface area (Å²) in [4.78, 5) is 14.6. The maximum atomic E-state index is 12.3. The Balaban J connectivity index is 1.61. The molecule has 0 bridgehead atoms. The van der Waals surface area contributed by atoms with E-state index in [-0.39, 0.29) is 5.91 Å². The van der Waals surface area contributed by atoms with Crippen molar-refractivity contribution in [3.8, 4) is 0 Å². The van der Waals surface area contributed by atoms with E-state index in [1.807, 2.05) is 31.3 Å². The van der Waals surface area contributed by atoms with Gasteiger partial charge in [-0.15, -0.1) is 0 Å². The molecule has 21 heavy (non-hydrogen) atoms. The number of benzene rings is 1. The minimum atomic E-state index is -0.111. The Morgan fingerprint density at radius 3 is 2.90 bits per heavy atom. The second kappa shape index (κ2) is 6.24. The van der Waals surface area contributed by atoms with Crippen molar-refractivity contribution in [3.63, 3.8) is 0 Å². The third-order valence-electron chi connectivity index (χ3n) is 3.79. The van der Waals surface area contributed by atoms with Crippen LogP contribution in [0.3, 0.4) is 0 Å². The van der Waals surface area contributed by atoms with Crippen LogP contribution < -0.4 is 5.32 Å². The lowest BCUT2D eigenvalue weighted by Crippen LogP contribution is -2.41. The van der Waals surface area contributed by atoms with Crippen LogP contribution in [-0.2, 0) is 11.8 Å². The number of aryl methyl sites for hydroxylation is 1. The van der Waals surface area contributed by atoms with Crippen molar-refractivity contribution in [2.45, 2.75) is 0 Å². The van der Waals surface area contributed by atoms with E-state index in [2.05, 4.69) is 15.3 Å². The van der Waals surface area contributed by atoms with E-state index < -0.39 is 0 Å². The number of ether oxygens (including phenoxy) is 1. The molecule has 2 heterocycles. The van der Waals surface area contributed by atoms with Gasteiger partial charge in [0.05, 0.1) is 18.7 Å². The van der Waals surface area contributed by atoms with Gasteiger partial charge in [0.15, 0.2) is 5.69 Å². The van der Waals surface area contributed by atoms with Crippen LogP contribution >= 0.6 is 0 Å². The maximum Gasteiger partial charge on any atom is 0.272 e. The molecule has 0 unspecified atom stereocenters. The maximum absolute atomic E-state index is 12.3. The Kier molecular flexibility index (Phi) is 4.17. The smallest absolute Gasteiger partial charge is 0.272 e. The fraction of sp³-hybridized carbons (Fsp3) is 0.467. The molecule has 0 spiro atoms. The number of aromatic nitrogens is 2. The Labute approximate surface area is 123 Å². The van der Waals surface area contributed by atoms with Gasteiger partial charge in [0.1, 0.15) is 0 Å². The molecule has 0 aliphatic carbocycles. The van der Waals surface area contributed by atoms with E-state index in [1.165, 1.54) is 0 Å². The Morgan fingerprint density at radius 1 is 1.33 bits per heavy atom. The number of hydrogen-bond acceptors (Lipinski definition) is 4. The lowest BCUT2D eigenvalue weighted by molar-refractivity contribution is 0.0383. The van der Waals surface area contributed by atoms with Gasteiger partial charge in [0.25, 0.3) is 5.91 Å². The lowest BCUT2D eigenvalue weighted by atomic mass is 10.2. The number of carbonyl (C=O) groups excluding carboxylic acids is 1. The minimum absolute atomic E-state index is 0.111. The molecule has 1 aliphatic rings. The SMILES string of the molecule is Cn1nc(C(=O)NCCN2CCOCC2)c2ccccc21. The average molecular weight is 288 g/mol. The van der Waals surface area contributed by atoms with Gasteiger partial charge in [-0.2, -0.15) is 5.10 Å². The molecule has 2 aromatic rings. The minimum Gasteiger partial charge on any atom is -0.379 e. The topological polar surface area (TPSA) is 59.4 Å². The summed E-state index contributed by atoms with van der Waals surface area (Å²) in [5.41, 5.74) is 1.46.